The van der Waals surface area contributed by atoms with Gasteiger partial charge >= 0.3 is 0 Å². The number of carbonyl (C=O) groups is 1. The largest absolute Gasteiger partial charge is 0.505 e. The molecule has 1 N–H and O–H groups in total. The highest BCUT2D eigenvalue weighted by atomic mass is 19.1. The van der Waals surface area contributed by atoms with Crippen LogP contribution in [0.5, 0.6) is 5.75 Å². The summed E-state index contributed by atoms with van der Waals surface area (Å²) < 4.78 is 13.2. The van der Waals surface area contributed by atoms with Gasteiger partial charge in [0, 0.05) is 13.6 Å². The average Bonchev–Trinajstić information content (AvgIpc) is 2.89. The maximum absolute atomic E-state index is 13.2. The number of hydrogen-bond donors (Lipinski definition) is 1. The molecule has 1 amide bonds. The van der Waals surface area contributed by atoms with Crippen LogP contribution in [0.15, 0.2) is 12.1 Å². The standard InChI is InChI=1S/C9H8FNO2.C9H18.C2H2/c1-11-4-5-2-3-6(12)8(10)7(5)9(11)13;1-8(2)9-6-4-3-5-7-9;1-2/h2-3,12H,4H2,1H3;8-9H,3-7H2,1-2H3;1-2H. The monoisotopic (exact) mass is 333 g/mol. The van der Waals surface area contributed by atoms with Gasteiger partial charge < -0.3 is 10.0 Å². The summed E-state index contributed by atoms with van der Waals surface area (Å²) in [7, 11) is 1.60. The quantitative estimate of drug-likeness (QED) is 0.764. The highest BCUT2D eigenvalue weighted by Gasteiger charge is 2.29. The van der Waals surface area contributed by atoms with Gasteiger partial charge in [-0.1, -0.05) is 52.0 Å². The van der Waals surface area contributed by atoms with E-state index in [2.05, 4.69) is 26.7 Å². The second-order valence-electron chi connectivity index (χ2n) is 6.74. The van der Waals surface area contributed by atoms with Crippen molar-refractivity contribution in [2.45, 2.75) is 52.5 Å². The molecular formula is C20H28FNO2. The minimum Gasteiger partial charge on any atom is -0.505 e. The van der Waals surface area contributed by atoms with Crippen LogP contribution in [0.2, 0.25) is 0 Å². The molecule has 0 unspecified atom stereocenters. The summed E-state index contributed by atoms with van der Waals surface area (Å²) in [5.74, 6) is 0.335. The van der Waals surface area contributed by atoms with E-state index in [1.807, 2.05) is 0 Å². The Morgan fingerprint density at radius 1 is 1.21 bits per heavy atom. The van der Waals surface area contributed by atoms with Crippen molar-refractivity contribution in [1.29, 1.82) is 0 Å². The van der Waals surface area contributed by atoms with Crippen molar-refractivity contribution >= 4 is 5.91 Å². The van der Waals surface area contributed by atoms with Crippen LogP contribution < -0.4 is 0 Å². The van der Waals surface area contributed by atoms with Crippen molar-refractivity contribution in [3.8, 4) is 18.6 Å². The number of amides is 1. The molecule has 1 fully saturated rings. The fraction of sp³-hybridized carbons (Fsp3) is 0.550. The SMILES string of the molecule is C#C.CC(C)C1CCCCC1.CN1Cc2ccc(O)c(F)c2C1=O. The van der Waals surface area contributed by atoms with Crippen molar-refractivity contribution < 1.29 is 14.3 Å². The average molecular weight is 333 g/mol. The van der Waals surface area contributed by atoms with Gasteiger partial charge in [0.1, 0.15) is 0 Å². The third-order valence-corrected chi connectivity index (χ3v) is 4.77. The Balaban J connectivity index is 0.000000230. The molecule has 4 heteroatoms. The fourth-order valence-electron chi connectivity index (χ4n) is 3.29. The Kier molecular flexibility index (Phi) is 7.78. The van der Waals surface area contributed by atoms with Gasteiger partial charge in [0.25, 0.3) is 5.91 Å². The van der Waals surface area contributed by atoms with E-state index < -0.39 is 11.6 Å². The van der Waals surface area contributed by atoms with Gasteiger partial charge in [0.2, 0.25) is 0 Å². The number of terminal acetylenes is 1. The maximum Gasteiger partial charge on any atom is 0.257 e. The lowest BCUT2D eigenvalue weighted by Crippen LogP contribution is -2.18. The van der Waals surface area contributed by atoms with Gasteiger partial charge in [-0.25, -0.2) is 4.39 Å². The predicted octanol–water partition coefficient (Wildman–Crippen LogP) is 4.59. The molecule has 1 aromatic carbocycles. The first-order valence-corrected chi connectivity index (χ1v) is 8.51. The summed E-state index contributed by atoms with van der Waals surface area (Å²) in [5.41, 5.74) is 0.630. The lowest BCUT2D eigenvalue weighted by atomic mass is 9.82. The van der Waals surface area contributed by atoms with Crippen LogP contribution >= 0.6 is 0 Å². The number of halogens is 1. The van der Waals surface area contributed by atoms with Crippen molar-refractivity contribution in [2.24, 2.45) is 11.8 Å². The number of fused-ring (bicyclic) bond motifs is 1. The first kappa shape index (κ1) is 20.0. The summed E-state index contributed by atoms with van der Waals surface area (Å²) >= 11 is 0. The zero-order valence-electron chi connectivity index (χ0n) is 14.9. The Morgan fingerprint density at radius 3 is 2.29 bits per heavy atom. The van der Waals surface area contributed by atoms with Crippen LogP contribution in [-0.4, -0.2) is 23.0 Å². The van der Waals surface area contributed by atoms with Crippen LogP contribution in [0, 0.1) is 30.5 Å². The summed E-state index contributed by atoms with van der Waals surface area (Å²) in [6, 6.07) is 2.83. The second kappa shape index (κ2) is 9.32. The molecule has 1 aromatic rings. The van der Waals surface area contributed by atoms with E-state index in [-0.39, 0.29) is 11.5 Å². The Hall–Kier alpha value is -2.02. The van der Waals surface area contributed by atoms with Gasteiger partial charge in [-0.05, 0) is 23.5 Å². The molecule has 132 valence electrons. The van der Waals surface area contributed by atoms with Crippen molar-refractivity contribution in [3.63, 3.8) is 0 Å². The highest BCUT2D eigenvalue weighted by Crippen LogP contribution is 2.29. The van der Waals surface area contributed by atoms with Crippen LogP contribution in [0.25, 0.3) is 0 Å². The highest BCUT2D eigenvalue weighted by molar-refractivity contribution is 5.98. The molecule has 2 aliphatic rings. The van der Waals surface area contributed by atoms with E-state index in [0.717, 1.165) is 11.8 Å². The molecule has 0 atom stereocenters. The fourth-order valence-corrected chi connectivity index (χ4v) is 3.29. The number of hydrogen-bond acceptors (Lipinski definition) is 2. The van der Waals surface area contributed by atoms with E-state index in [1.54, 1.807) is 13.1 Å². The molecule has 1 aliphatic carbocycles. The molecular weight excluding hydrogens is 305 g/mol. The van der Waals surface area contributed by atoms with Gasteiger partial charge in [0.15, 0.2) is 11.6 Å². The Morgan fingerprint density at radius 2 is 1.79 bits per heavy atom. The van der Waals surface area contributed by atoms with Gasteiger partial charge in [-0.3, -0.25) is 4.79 Å². The topological polar surface area (TPSA) is 40.5 Å². The minimum absolute atomic E-state index is 0.00231. The smallest absolute Gasteiger partial charge is 0.257 e. The minimum atomic E-state index is -0.813. The van der Waals surface area contributed by atoms with Crippen LogP contribution in [0.3, 0.4) is 0 Å². The third-order valence-electron chi connectivity index (χ3n) is 4.77. The molecule has 0 spiro atoms. The molecule has 1 aliphatic heterocycles. The number of phenolic OH excluding ortho intramolecular Hbond substituents is 1. The van der Waals surface area contributed by atoms with Gasteiger partial charge in [-0.15, -0.1) is 12.8 Å². The second-order valence-corrected chi connectivity index (χ2v) is 6.74. The third kappa shape index (κ3) is 4.74. The van der Waals surface area contributed by atoms with Crippen LogP contribution in [0.4, 0.5) is 4.39 Å². The van der Waals surface area contributed by atoms with E-state index >= 15 is 0 Å². The number of phenols is 1. The number of carbonyl (C=O) groups excluding carboxylic acids is 1. The number of aromatic hydroxyl groups is 1. The van der Waals surface area contributed by atoms with Gasteiger partial charge in [-0.2, -0.15) is 0 Å². The summed E-state index contributed by atoms with van der Waals surface area (Å²) in [5, 5.41) is 9.04. The predicted molar refractivity (Wildman–Crippen MR) is 95.2 cm³/mol. The zero-order chi connectivity index (χ0) is 18.3. The Labute approximate surface area is 144 Å². The molecule has 1 heterocycles. The first-order valence-electron chi connectivity index (χ1n) is 8.51. The number of nitrogens with zero attached hydrogens (tertiary/aromatic N) is 1. The number of benzene rings is 1. The van der Waals surface area contributed by atoms with Crippen molar-refractivity contribution in [1.82, 2.24) is 4.90 Å². The van der Waals surface area contributed by atoms with Gasteiger partial charge in [0.05, 0.1) is 5.56 Å². The van der Waals surface area contributed by atoms with Crippen LogP contribution in [0.1, 0.15) is 61.9 Å². The molecule has 0 bridgehead atoms. The molecule has 24 heavy (non-hydrogen) atoms. The van der Waals surface area contributed by atoms with E-state index in [9.17, 15) is 9.18 Å². The van der Waals surface area contributed by atoms with Crippen molar-refractivity contribution in [2.75, 3.05) is 7.05 Å². The number of rotatable bonds is 1. The summed E-state index contributed by atoms with van der Waals surface area (Å²) in [6.45, 7) is 5.12. The van der Waals surface area contributed by atoms with Crippen LogP contribution in [-0.2, 0) is 6.54 Å². The normalized spacial score (nSPS) is 16.8. The lowest BCUT2D eigenvalue weighted by Gasteiger charge is -2.24. The van der Waals surface area contributed by atoms with E-state index in [0.29, 0.717) is 12.1 Å². The molecule has 0 radical (unpaired) electrons. The Bertz CT molecular complexity index is 574. The lowest BCUT2D eigenvalue weighted by molar-refractivity contribution is 0.0812. The molecule has 3 rings (SSSR count). The van der Waals surface area contributed by atoms with E-state index in [1.165, 1.54) is 43.1 Å². The van der Waals surface area contributed by atoms with E-state index in [4.69, 9.17) is 5.11 Å². The molecule has 1 saturated carbocycles. The zero-order valence-corrected chi connectivity index (χ0v) is 14.9. The van der Waals surface area contributed by atoms with Crippen molar-refractivity contribution in [3.05, 3.63) is 29.1 Å². The molecule has 3 nitrogen and oxygen atoms in total. The summed E-state index contributed by atoms with van der Waals surface area (Å²) in [6.07, 6.45) is 15.5. The maximum atomic E-state index is 13.2. The first-order chi connectivity index (χ1) is 11.4. The molecule has 0 saturated heterocycles. The summed E-state index contributed by atoms with van der Waals surface area (Å²) in [4.78, 5) is 12.8. The molecule has 0 aromatic heterocycles.